The first kappa shape index (κ1) is 15.9. The lowest BCUT2D eigenvalue weighted by Crippen LogP contribution is -2.33. The lowest BCUT2D eigenvalue weighted by atomic mass is 9.98. The highest BCUT2D eigenvalue weighted by Crippen LogP contribution is 2.33. The Morgan fingerprint density at radius 3 is 2.65 bits per heavy atom. The summed E-state index contributed by atoms with van der Waals surface area (Å²) >= 11 is 1.81. The molecule has 1 aliphatic rings. The number of likely N-dealkylation sites (tertiary alicyclic amines) is 1. The van der Waals surface area contributed by atoms with E-state index in [9.17, 15) is 0 Å². The number of thiazole rings is 1. The van der Waals surface area contributed by atoms with Crippen LogP contribution in [0.4, 0.5) is 0 Å². The summed E-state index contributed by atoms with van der Waals surface area (Å²) in [6.07, 6.45) is 2.69. The standard InChI is InChI=1S/C16H29N3S/c1-11(2)14-15(16(4,5)17)20-13(18-14)10-19-8-6-7-12(3)9-19/h11-12H,6-10,17H2,1-5H3. The molecule has 1 aromatic heterocycles. The second kappa shape index (κ2) is 6.12. The number of nitrogens with zero attached hydrogens (tertiary/aromatic N) is 2. The number of hydrogen-bond donors (Lipinski definition) is 1. The van der Waals surface area contributed by atoms with Gasteiger partial charge in [-0.1, -0.05) is 20.8 Å². The van der Waals surface area contributed by atoms with Crippen molar-refractivity contribution in [3.8, 4) is 0 Å². The summed E-state index contributed by atoms with van der Waals surface area (Å²) < 4.78 is 0. The van der Waals surface area contributed by atoms with Crippen LogP contribution in [0.15, 0.2) is 0 Å². The third-order valence-electron chi connectivity index (χ3n) is 3.93. The number of rotatable bonds is 4. The van der Waals surface area contributed by atoms with Crippen LogP contribution in [-0.2, 0) is 12.1 Å². The Morgan fingerprint density at radius 1 is 1.45 bits per heavy atom. The maximum absolute atomic E-state index is 6.32. The zero-order chi connectivity index (χ0) is 14.9. The van der Waals surface area contributed by atoms with Crippen molar-refractivity contribution >= 4 is 11.3 Å². The van der Waals surface area contributed by atoms with E-state index in [1.165, 1.54) is 41.5 Å². The Balaban J connectivity index is 2.16. The summed E-state index contributed by atoms with van der Waals surface area (Å²) in [5.41, 5.74) is 7.23. The van der Waals surface area contributed by atoms with Gasteiger partial charge in [-0.2, -0.15) is 0 Å². The minimum Gasteiger partial charge on any atom is -0.321 e. The minimum absolute atomic E-state index is 0.287. The molecule has 0 aromatic carbocycles. The number of piperidine rings is 1. The summed E-state index contributed by atoms with van der Waals surface area (Å²) in [4.78, 5) is 8.70. The fraction of sp³-hybridized carbons (Fsp3) is 0.812. The Labute approximate surface area is 127 Å². The van der Waals surface area contributed by atoms with Crippen LogP contribution >= 0.6 is 11.3 Å². The van der Waals surface area contributed by atoms with Gasteiger partial charge in [-0.3, -0.25) is 4.90 Å². The quantitative estimate of drug-likeness (QED) is 0.921. The van der Waals surface area contributed by atoms with Gasteiger partial charge >= 0.3 is 0 Å². The summed E-state index contributed by atoms with van der Waals surface area (Å²) in [5.74, 6) is 1.26. The van der Waals surface area contributed by atoms with E-state index in [0.717, 1.165) is 12.5 Å². The average Bonchev–Trinajstić information content (AvgIpc) is 2.73. The lowest BCUT2D eigenvalue weighted by Gasteiger charge is -2.29. The van der Waals surface area contributed by atoms with Crippen molar-refractivity contribution in [3.05, 3.63) is 15.6 Å². The highest BCUT2D eigenvalue weighted by Gasteiger charge is 2.26. The molecule has 2 N–H and O–H groups in total. The molecule has 1 atom stereocenters. The Kier molecular flexibility index (Phi) is 4.88. The maximum atomic E-state index is 6.32. The number of aromatic nitrogens is 1. The molecule has 0 bridgehead atoms. The fourth-order valence-electron chi connectivity index (χ4n) is 2.92. The van der Waals surface area contributed by atoms with Crippen molar-refractivity contribution in [1.82, 2.24) is 9.88 Å². The fourth-order valence-corrected chi connectivity index (χ4v) is 4.20. The molecule has 1 fully saturated rings. The zero-order valence-electron chi connectivity index (χ0n) is 13.6. The second-order valence-corrected chi connectivity index (χ2v) is 8.26. The van der Waals surface area contributed by atoms with E-state index in [1.54, 1.807) is 0 Å². The Morgan fingerprint density at radius 2 is 2.15 bits per heavy atom. The molecule has 1 unspecified atom stereocenters. The van der Waals surface area contributed by atoms with E-state index in [4.69, 9.17) is 10.7 Å². The molecule has 20 heavy (non-hydrogen) atoms. The van der Waals surface area contributed by atoms with Crippen LogP contribution in [0.5, 0.6) is 0 Å². The van der Waals surface area contributed by atoms with Gasteiger partial charge in [0.15, 0.2) is 0 Å². The monoisotopic (exact) mass is 295 g/mol. The highest BCUT2D eigenvalue weighted by atomic mass is 32.1. The maximum Gasteiger partial charge on any atom is 0.107 e. The van der Waals surface area contributed by atoms with Crippen LogP contribution in [-0.4, -0.2) is 23.0 Å². The van der Waals surface area contributed by atoms with E-state index < -0.39 is 0 Å². The Hall–Kier alpha value is -0.450. The van der Waals surface area contributed by atoms with E-state index in [2.05, 4.69) is 39.5 Å². The van der Waals surface area contributed by atoms with Crippen molar-refractivity contribution < 1.29 is 0 Å². The van der Waals surface area contributed by atoms with Crippen molar-refractivity contribution in [3.63, 3.8) is 0 Å². The molecule has 2 rings (SSSR count). The van der Waals surface area contributed by atoms with Crippen molar-refractivity contribution in [2.24, 2.45) is 11.7 Å². The summed E-state index contributed by atoms with van der Waals surface area (Å²) in [6, 6.07) is 0. The number of nitrogens with two attached hydrogens (primary N) is 1. The van der Waals surface area contributed by atoms with Crippen molar-refractivity contribution in [2.75, 3.05) is 13.1 Å². The average molecular weight is 295 g/mol. The van der Waals surface area contributed by atoms with Crippen LogP contribution in [0, 0.1) is 5.92 Å². The smallest absolute Gasteiger partial charge is 0.107 e. The molecule has 2 heterocycles. The molecule has 4 heteroatoms. The molecule has 114 valence electrons. The van der Waals surface area contributed by atoms with Crippen molar-refractivity contribution in [2.45, 2.75) is 65.5 Å². The van der Waals surface area contributed by atoms with Crippen LogP contribution in [0.3, 0.4) is 0 Å². The van der Waals surface area contributed by atoms with Gasteiger partial charge in [0.25, 0.3) is 0 Å². The third-order valence-corrected chi connectivity index (χ3v) is 5.33. The molecule has 1 aliphatic heterocycles. The summed E-state index contributed by atoms with van der Waals surface area (Å²) in [7, 11) is 0. The molecule has 1 aromatic rings. The third kappa shape index (κ3) is 3.80. The van der Waals surface area contributed by atoms with Gasteiger partial charge in [-0.25, -0.2) is 4.98 Å². The van der Waals surface area contributed by atoms with Crippen molar-refractivity contribution in [1.29, 1.82) is 0 Å². The van der Waals surface area contributed by atoms with Gasteiger partial charge < -0.3 is 5.73 Å². The zero-order valence-corrected chi connectivity index (χ0v) is 14.4. The van der Waals surface area contributed by atoms with Crippen LogP contribution in [0.2, 0.25) is 0 Å². The molecule has 3 nitrogen and oxygen atoms in total. The van der Waals surface area contributed by atoms with Gasteiger partial charge in [0, 0.05) is 17.0 Å². The summed E-state index contributed by atoms with van der Waals surface area (Å²) in [6.45, 7) is 14.3. The van der Waals surface area contributed by atoms with Crippen LogP contribution < -0.4 is 5.73 Å². The molecule has 0 saturated carbocycles. The molecule has 0 radical (unpaired) electrons. The Bertz CT molecular complexity index is 445. The normalized spacial score (nSPS) is 21.6. The molecular formula is C16H29N3S. The predicted octanol–water partition coefficient (Wildman–Crippen LogP) is 3.69. The van der Waals surface area contributed by atoms with Crippen LogP contribution in [0.25, 0.3) is 0 Å². The minimum atomic E-state index is -0.287. The van der Waals surface area contributed by atoms with Gasteiger partial charge in [0.2, 0.25) is 0 Å². The van der Waals surface area contributed by atoms with Gasteiger partial charge in [0.05, 0.1) is 12.2 Å². The van der Waals surface area contributed by atoms with E-state index in [-0.39, 0.29) is 5.54 Å². The molecule has 0 aliphatic carbocycles. The molecule has 1 saturated heterocycles. The lowest BCUT2D eigenvalue weighted by molar-refractivity contribution is 0.176. The van der Waals surface area contributed by atoms with Gasteiger partial charge in [-0.15, -0.1) is 11.3 Å². The van der Waals surface area contributed by atoms with Gasteiger partial charge in [0.1, 0.15) is 5.01 Å². The van der Waals surface area contributed by atoms with Crippen LogP contribution in [0.1, 0.15) is 69.0 Å². The van der Waals surface area contributed by atoms with Gasteiger partial charge in [-0.05, 0) is 45.1 Å². The highest BCUT2D eigenvalue weighted by molar-refractivity contribution is 7.11. The predicted molar refractivity (Wildman–Crippen MR) is 87.1 cm³/mol. The molecule has 0 spiro atoms. The SMILES string of the molecule is CC1CCCN(Cc2nc(C(C)C)c(C(C)(C)N)s2)C1. The number of hydrogen-bond acceptors (Lipinski definition) is 4. The largest absolute Gasteiger partial charge is 0.321 e. The van der Waals surface area contributed by atoms with E-state index in [0.29, 0.717) is 5.92 Å². The summed E-state index contributed by atoms with van der Waals surface area (Å²) in [5, 5.41) is 1.23. The van der Waals surface area contributed by atoms with E-state index in [1.807, 2.05) is 11.3 Å². The molecular weight excluding hydrogens is 266 g/mol. The molecule has 0 amide bonds. The first-order valence-electron chi connectivity index (χ1n) is 7.78. The first-order chi connectivity index (χ1) is 9.27. The topological polar surface area (TPSA) is 42.2 Å². The first-order valence-corrected chi connectivity index (χ1v) is 8.60. The second-order valence-electron chi connectivity index (χ2n) is 7.18. The van der Waals surface area contributed by atoms with E-state index >= 15 is 0 Å².